The van der Waals surface area contributed by atoms with Gasteiger partial charge in [-0.2, -0.15) is 0 Å². The Morgan fingerprint density at radius 1 is 0.786 bits per heavy atom. The quantitative estimate of drug-likeness (QED) is 0.214. The SMILES string of the molecule is O=c1[nH]cnc2c(CN3CC(COCc4ccccc4)C(OCc4ccccc4)C3)cn(COCc3ccccc3)c12. The van der Waals surface area contributed by atoms with Gasteiger partial charge in [0.15, 0.2) is 0 Å². The van der Waals surface area contributed by atoms with Gasteiger partial charge in [-0.3, -0.25) is 9.69 Å². The number of likely N-dealkylation sites (tertiary alicyclic amines) is 1. The minimum atomic E-state index is -0.174. The summed E-state index contributed by atoms with van der Waals surface area (Å²) in [5, 5.41) is 0. The van der Waals surface area contributed by atoms with Crippen LogP contribution in [0.5, 0.6) is 0 Å². The minimum absolute atomic E-state index is 0.0277. The Kier molecular flexibility index (Phi) is 9.17. The molecule has 1 aliphatic heterocycles. The topological polar surface area (TPSA) is 81.6 Å². The summed E-state index contributed by atoms with van der Waals surface area (Å²) in [5.74, 6) is 0.219. The molecule has 0 aliphatic carbocycles. The molecule has 2 unspecified atom stereocenters. The molecule has 1 saturated heterocycles. The number of hydrogen-bond acceptors (Lipinski definition) is 6. The number of rotatable bonds is 13. The highest BCUT2D eigenvalue weighted by molar-refractivity contribution is 5.78. The zero-order valence-corrected chi connectivity index (χ0v) is 23.6. The summed E-state index contributed by atoms with van der Waals surface area (Å²) in [5.41, 5.74) is 5.45. The molecule has 0 amide bonds. The first kappa shape index (κ1) is 28.1. The fourth-order valence-corrected chi connectivity index (χ4v) is 5.59. The second kappa shape index (κ2) is 13.7. The van der Waals surface area contributed by atoms with E-state index >= 15 is 0 Å². The number of ether oxygens (including phenoxy) is 3. The van der Waals surface area contributed by atoms with Gasteiger partial charge in [0.25, 0.3) is 5.56 Å². The molecule has 5 aromatic rings. The Morgan fingerprint density at radius 2 is 1.40 bits per heavy atom. The molecule has 0 spiro atoms. The van der Waals surface area contributed by atoms with Crippen LogP contribution in [0.15, 0.2) is 108 Å². The molecule has 0 radical (unpaired) electrons. The van der Waals surface area contributed by atoms with Crippen LogP contribution in [0.25, 0.3) is 11.0 Å². The van der Waals surface area contributed by atoms with Crippen LogP contribution in [0, 0.1) is 5.92 Å². The molecule has 8 heteroatoms. The fourth-order valence-electron chi connectivity index (χ4n) is 5.59. The lowest BCUT2D eigenvalue weighted by atomic mass is 10.1. The molecule has 3 heterocycles. The molecule has 216 valence electrons. The van der Waals surface area contributed by atoms with E-state index in [-0.39, 0.29) is 24.3 Å². The lowest BCUT2D eigenvalue weighted by molar-refractivity contribution is -0.0107. The van der Waals surface area contributed by atoms with Crippen LogP contribution in [-0.2, 0) is 47.3 Å². The van der Waals surface area contributed by atoms with E-state index in [1.54, 1.807) is 0 Å². The normalized spacial score (nSPS) is 17.2. The molecule has 6 rings (SSSR count). The summed E-state index contributed by atoms with van der Waals surface area (Å²) >= 11 is 0. The molecule has 3 aromatic carbocycles. The van der Waals surface area contributed by atoms with Gasteiger partial charge in [0.1, 0.15) is 17.8 Å². The highest BCUT2D eigenvalue weighted by Crippen LogP contribution is 2.26. The number of nitrogens with one attached hydrogen (secondary N) is 1. The van der Waals surface area contributed by atoms with Crippen LogP contribution in [-0.4, -0.2) is 45.2 Å². The maximum atomic E-state index is 12.8. The maximum absolute atomic E-state index is 12.8. The van der Waals surface area contributed by atoms with Crippen molar-refractivity contribution in [2.45, 2.75) is 39.2 Å². The van der Waals surface area contributed by atoms with Gasteiger partial charge in [-0.15, -0.1) is 0 Å². The van der Waals surface area contributed by atoms with E-state index in [9.17, 15) is 4.79 Å². The van der Waals surface area contributed by atoms with Gasteiger partial charge in [-0.1, -0.05) is 91.0 Å². The van der Waals surface area contributed by atoms with Crippen molar-refractivity contribution in [3.05, 3.63) is 136 Å². The molecule has 0 bridgehead atoms. The second-order valence-electron chi connectivity index (χ2n) is 10.8. The van der Waals surface area contributed by atoms with E-state index in [0.717, 1.165) is 35.3 Å². The van der Waals surface area contributed by atoms with E-state index in [1.165, 1.54) is 6.33 Å². The number of aromatic nitrogens is 3. The highest BCUT2D eigenvalue weighted by Gasteiger charge is 2.34. The molecular weight excluding hydrogens is 528 g/mol. The van der Waals surface area contributed by atoms with Crippen LogP contribution < -0.4 is 5.56 Å². The fraction of sp³-hybridized carbons (Fsp3) is 0.294. The van der Waals surface area contributed by atoms with Crippen molar-refractivity contribution in [1.82, 2.24) is 19.4 Å². The number of hydrogen-bond donors (Lipinski definition) is 1. The number of benzene rings is 3. The average molecular weight is 565 g/mol. The van der Waals surface area contributed by atoms with Gasteiger partial charge in [-0.05, 0) is 16.7 Å². The first-order valence-corrected chi connectivity index (χ1v) is 14.4. The van der Waals surface area contributed by atoms with Gasteiger partial charge in [0.2, 0.25) is 0 Å². The standard InChI is InChI=1S/C34H36N4O4/c39-34-33-32(35-24-36-34)29(18-38(33)25-41-21-27-12-6-2-7-13-27)16-37-17-30(23-40-20-26-10-4-1-5-11-26)31(19-37)42-22-28-14-8-3-9-15-28/h1-15,18,24,30-31H,16-17,19-23,25H2,(H,35,36,39). The smallest absolute Gasteiger partial charge is 0.275 e. The van der Waals surface area contributed by atoms with Crippen LogP contribution in [0.2, 0.25) is 0 Å². The van der Waals surface area contributed by atoms with Gasteiger partial charge in [0, 0.05) is 37.3 Å². The third-order valence-electron chi connectivity index (χ3n) is 7.67. The van der Waals surface area contributed by atoms with E-state index in [4.69, 9.17) is 14.2 Å². The Bertz CT molecular complexity index is 1610. The maximum Gasteiger partial charge on any atom is 0.275 e. The lowest BCUT2D eigenvalue weighted by Gasteiger charge is -2.19. The number of aromatic amines is 1. The average Bonchev–Trinajstić information content (AvgIpc) is 3.58. The molecule has 1 N–H and O–H groups in total. The Balaban J connectivity index is 1.15. The highest BCUT2D eigenvalue weighted by atomic mass is 16.5. The van der Waals surface area contributed by atoms with E-state index in [2.05, 4.69) is 39.1 Å². The summed E-state index contributed by atoms with van der Waals surface area (Å²) in [6.45, 7) is 4.72. The Labute approximate surface area is 245 Å². The first-order chi connectivity index (χ1) is 20.7. The number of nitrogens with zero attached hydrogens (tertiary/aromatic N) is 3. The molecule has 0 saturated carbocycles. The molecule has 42 heavy (non-hydrogen) atoms. The Hall–Kier alpha value is -4.08. The van der Waals surface area contributed by atoms with Crippen molar-refractivity contribution in [3.63, 3.8) is 0 Å². The molecule has 2 aromatic heterocycles. The molecule has 2 atom stereocenters. The summed E-state index contributed by atoms with van der Waals surface area (Å²) in [6, 6.07) is 30.5. The van der Waals surface area contributed by atoms with Crippen molar-refractivity contribution in [3.8, 4) is 0 Å². The predicted molar refractivity (Wildman–Crippen MR) is 161 cm³/mol. The zero-order valence-electron chi connectivity index (χ0n) is 23.6. The van der Waals surface area contributed by atoms with E-state index < -0.39 is 0 Å². The lowest BCUT2D eigenvalue weighted by Crippen LogP contribution is -2.26. The largest absolute Gasteiger partial charge is 0.376 e. The summed E-state index contributed by atoms with van der Waals surface area (Å²) in [4.78, 5) is 22.5. The van der Waals surface area contributed by atoms with E-state index in [1.807, 2.05) is 77.5 Å². The van der Waals surface area contributed by atoms with Crippen LogP contribution in [0.3, 0.4) is 0 Å². The third kappa shape index (κ3) is 7.03. The monoisotopic (exact) mass is 564 g/mol. The summed E-state index contributed by atoms with van der Waals surface area (Å²) in [6.07, 6.45) is 3.50. The van der Waals surface area contributed by atoms with E-state index in [0.29, 0.717) is 44.0 Å². The molecule has 8 nitrogen and oxygen atoms in total. The third-order valence-corrected chi connectivity index (χ3v) is 7.67. The van der Waals surface area contributed by atoms with Crippen LogP contribution in [0.1, 0.15) is 22.3 Å². The first-order valence-electron chi connectivity index (χ1n) is 14.4. The van der Waals surface area contributed by atoms with Crippen molar-refractivity contribution >= 4 is 11.0 Å². The number of H-pyrrole nitrogens is 1. The van der Waals surface area contributed by atoms with Crippen molar-refractivity contribution in [1.29, 1.82) is 0 Å². The van der Waals surface area contributed by atoms with Crippen molar-refractivity contribution in [2.75, 3.05) is 19.7 Å². The van der Waals surface area contributed by atoms with Gasteiger partial charge in [-0.25, -0.2) is 4.98 Å². The minimum Gasteiger partial charge on any atom is -0.376 e. The summed E-state index contributed by atoms with van der Waals surface area (Å²) in [7, 11) is 0. The summed E-state index contributed by atoms with van der Waals surface area (Å²) < 4.78 is 20.5. The van der Waals surface area contributed by atoms with Crippen LogP contribution in [0.4, 0.5) is 0 Å². The molecule has 1 fully saturated rings. The van der Waals surface area contributed by atoms with Crippen molar-refractivity contribution < 1.29 is 14.2 Å². The molecule has 1 aliphatic rings. The Morgan fingerprint density at radius 3 is 2.07 bits per heavy atom. The second-order valence-corrected chi connectivity index (χ2v) is 10.8. The van der Waals surface area contributed by atoms with Crippen molar-refractivity contribution in [2.24, 2.45) is 5.92 Å². The molecular formula is C34H36N4O4. The van der Waals surface area contributed by atoms with Gasteiger partial charge >= 0.3 is 0 Å². The van der Waals surface area contributed by atoms with Crippen LogP contribution >= 0.6 is 0 Å². The predicted octanol–water partition coefficient (Wildman–Crippen LogP) is 5.13. The van der Waals surface area contributed by atoms with Gasteiger partial charge in [0.05, 0.1) is 38.9 Å². The zero-order chi connectivity index (χ0) is 28.6. The van der Waals surface area contributed by atoms with Gasteiger partial charge < -0.3 is 23.8 Å². The number of fused-ring (bicyclic) bond motifs is 1.